The Morgan fingerprint density at radius 1 is 0.308 bits per heavy atom. The average molecular weight is 490 g/mol. The molecule has 13 heteroatoms. The predicted molar refractivity (Wildman–Crippen MR) is 25.1 cm³/mol. The first-order chi connectivity index (χ1) is 0. The van der Waals surface area contributed by atoms with Crippen molar-refractivity contribution < 1.29 is 67.8 Å². The maximum Gasteiger partial charge on any atom is 3.00 e. The summed E-state index contributed by atoms with van der Waals surface area (Å²) in [7, 11) is 0. The Balaban J connectivity index is 0. The molecular weight excluding hydrogens is 490 g/mol. The van der Waals surface area contributed by atoms with Crippen LogP contribution in [0.3, 0.4) is 0 Å². The summed E-state index contributed by atoms with van der Waals surface area (Å²) in [6, 6.07) is 0. The second kappa shape index (κ2) is 314. The van der Waals surface area contributed by atoms with Gasteiger partial charge in [-0.15, -0.1) is 0 Å². The van der Waals surface area contributed by atoms with Gasteiger partial charge >= 0.3 is 79.2 Å². The molecule has 0 saturated carbocycles. The van der Waals surface area contributed by atoms with Crippen LogP contribution in [0.2, 0.25) is 0 Å². The molecule has 72 valence electrons. The molecule has 0 saturated heterocycles. The molecule has 0 unspecified atom stereocenters. The van der Waals surface area contributed by atoms with Gasteiger partial charge in [0.05, 0.1) is 0 Å². The Morgan fingerprint density at radius 2 is 0.308 bits per heavy atom. The van der Waals surface area contributed by atoms with E-state index in [0.29, 0.717) is 0 Å². The van der Waals surface area contributed by atoms with Gasteiger partial charge in [0.2, 0.25) is 0 Å². The molecule has 13 heavy (non-hydrogen) atoms. The first-order valence-electron chi connectivity index (χ1n) is 0. The third-order valence-electron chi connectivity index (χ3n) is 0. The zero-order chi connectivity index (χ0) is 0. The third-order valence-corrected chi connectivity index (χ3v) is 0. The van der Waals surface area contributed by atoms with Gasteiger partial charge in [-0.3, -0.25) is 0 Å². The fraction of sp³-hybridized carbons (Fsp3) is 0. The number of halogens is 6. The van der Waals surface area contributed by atoms with E-state index in [1.165, 1.54) is 0 Å². The standard InChI is InChI=1S/3ClH.3FH.4Ga.3O/h6*1H;;;;;;;/q;;;;;;4*+3;3*-2/p-6. The molecule has 0 aromatic rings. The van der Waals surface area contributed by atoms with Gasteiger partial charge in [-0.25, -0.2) is 0 Å². The van der Waals surface area contributed by atoms with Crippen LogP contribution in [0.15, 0.2) is 0 Å². The molecule has 0 amide bonds. The number of rotatable bonds is 0. The topological polar surface area (TPSA) is 85.5 Å². The van der Waals surface area contributed by atoms with E-state index >= 15 is 0 Å². The normalized spacial score (nSPS) is 0. The first-order valence-corrected chi connectivity index (χ1v) is 0. The van der Waals surface area contributed by atoms with Crippen molar-refractivity contribution in [1.82, 2.24) is 0 Å². The molecule has 0 atom stereocenters. The van der Waals surface area contributed by atoms with Gasteiger partial charge in [-0.2, -0.15) is 0 Å². The van der Waals surface area contributed by atoms with Crippen LogP contribution in [0.25, 0.3) is 0 Å². The summed E-state index contributed by atoms with van der Waals surface area (Å²) in [5.41, 5.74) is 0. The summed E-state index contributed by atoms with van der Waals surface area (Å²) in [5.74, 6) is 0. The van der Waals surface area contributed by atoms with Crippen molar-refractivity contribution in [3.63, 3.8) is 0 Å². The van der Waals surface area contributed by atoms with E-state index in [9.17, 15) is 0 Å². The van der Waals surface area contributed by atoms with Gasteiger partial charge in [0.1, 0.15) is 0 Å². The number of hydrogen-bond donors (Lipinski definition) is 0. The quantitative estimate of drug-likeness (QED) is 0.303. The molecule has 0 aromatic heterocycles. The monoisotopic (exact) mass is 486 g/mol. The van der Waals surface area contributed by atoms with E-state index in [1.54, 1.807) is 0 Å². The van der Waals surface area contributed by atoms with Gasteiger partial charge in [0, 0.05) is 0 Å². The maximum atomic E-state index is 0. The summed E-state index contributed by atoms with van der Waals surface area (Å²) in [6.07, 6.45) is 0. The van der Waals surface area contributed by atoms with Crippen LogP contribution < -0.4 is 51.3 Å². The van der Waals surface area contributed by atoms with Gasteiger partial charge in [0.15, 0.2) is 0 Å². The van der Waals surface area contributed by atoms with Crippen molar-refractivity contribution in [1.29, 1.82) is 0 Å². The van der Waals surface area contributed by atoms with Crippen LogP contribution in [0, 0.1) is 0 Å². The fourth-order valence-electron chi connectivity index (χ4n) is 0. The third kappa shape index (κ3) is 271. The van der Waals surface area contributed by atoms with Crippen molar-refractivity contribution >= 4 is 79.2 Å². The van der Waals surface area contributed by atoms with Crippen LogP contribution in [0.5, 0.6) is 0 Å². The molecule has 0 bridgehead atoms. The largest absolute Gasteiger partial charge is 3.00 e. The molecule has 0 N–H and O–H groups in total. The van der Waals surface area contributed by atoms with Crippen molar-refractivity contribution in [3.8, 4) is 0 Å². The molecule has 0 rings (SSSR count). The summed E-state index contributed by atoms with van der Waals surface area (Å²) in [5, 5.41) is 0. The Bertz CT molecular complexity index is 25.8. The van der Waals surface area contributed by atoms with Gasteiger partial charge < -0.3 is 67.8 Å². The molecule has 0 aliphatic carbocycles. The maximum absolute atomic E-state index is 0. The van der Waals surface area contributed by atoms with Crippen LogP contribution in [-0.2, 0) is 16.4 Å². The first kappa shape index (κ1) is 385. The fourth-order valence-corrected chi connectivity index (χ4v) is 0. The van der Waals surface area contributed by atoms with Crippen molar-refractivity contribution in [2.24, 2.45) is 0 Å². The Morgan fingerprint density at radius 3 is 0.308 bits per heavy atom. The van der Waals surface area contributed by atoms with Crippen LogP contribution in [0.4, 0.5) is 0 Å². The molecule has 0 heterocycles. The molecule has 0 fully saturated rings. The SMILES string of the molecule is [Cl-].[Cl-].[Cl-].[F-].[F-].[F-].[Ga+3].[Ga+3].[Ga+3].[Ga+3].[O-2].[O-2].[O-2]. The number of hydrogen-bond acceptors (Lipinski definition) is 0. The molecule has 0 spiro atoms. The van der Waals surface area contributed by atoms with Crippen molar-refractivity contribution in [3.05, 3.63) is 0 Å². The minimum atomic E-state index is 0. The molecular formula is Cl3F3Ga4O3. The van der Waals surface area contributed by atoms with Crippen LogP contribution >= 0.6 is 0 Å². The minimum Gasteiger partial charge on any atom is -2.00 e. The predicted octanol–water partition coefficient (Wildman–Crippen LogP) is -19.9. The summed E-state index contributed by atoms with van der Waals surface area (Å²) >= 11 is 0. The average Bonchev–Trinajstić information content (AvgIpc) is 0. The van der Waals surface area contributed by atoms with Crippen molar-refractivity contribution in [2.45, 2.75) is 0 Å². The molecule has 0 radical (unpaired) electrons. The van der Waals surface area contributed by atoms with Gasteiger partial charge in [-0.1, -0.05) is 0 Å². The summed E-state index contributed by atoms with van der Waals surface area (Å²) in [4.78, 5) is 0. The molecule has 0 aliphatic heterocycles. The van der Waals surface area contributed by atoms with E-state index in [-0.39, 0.29) is 147 Å². The minimum absolute atomic E-state index is 0. The second-order valence-electron chi connectivity index (χ2n) is 0. The van der Waals surface area contributed by atoms with E-state index in [1.807, 2.05) is 0 Å². The van der Waals surface area contributed by atoms with E-state index in [0.717, 1.165) is 0 Å². The molecule has 0 aliphatic rings. The Labute approximate surface area is 145 Å². The van der Waals surface area contributed by atoms with Crippen molar-refractivity contribution in [2.75, 3.05) is 0 Å². The molecule has 3 nitrogen and oxygen atoms in total. The zero-order valence-corrected chi connectivity index (χ0v) is 17.8. The smallest absolute Gasteiger partial charge is 2.00 e. The van der Waals surface area contributed by atoms with E-state index in [2.05, 4.69) is 0 Å². The van der Waals surface area contributed by atoms with E-state index < -0.39 is 0 Å². The van der Waals surface area contributed by atoms with Crippen LogP contribution in [0.1, 0.15) is 0 Å². The van der Waals surface area contributed by atoms with Crippen LogP contribution in [-0.4, -0.2) is 79.2 Å². The van der Waals surface area contributed by atoms with Gasteiger partial charge in [0.25, 0.3) is 0 Å². The van der Waals surface area contributed by atoms with E-state index in [4.69, 9.17) is 0 Å². The zero-order valence-electron chi connectivity index (χ0n) is 5.80. The summed E-state index contributed by atoms with van der Waals surface area (Å²) in [6.45, 7) is 0. The second-order valence-corrected chi connectivity index (χ2v) is 0. The summed E-state index contributed by atoms with van der Waals surface area (Å²) < 4.78 is 0. The van der Waals surface area contributed by atoms with Gasteiger partial charge in [-0.05, 0) is 0 Å². The Hall–Kier alpha value is 3.09. The Kier molecular flexibility index (Phi) is 9300. The molecule has 0 aromatic carbocycles.